The van der Waals surface area contributed by atoms with Gasteiger partial charge in [-0.1, -0.05) is 0 Å². The molecular weight excluding hydrogens is 232 g/mol. The third kappa shape index (κ3) is 4.34. The van der Waals surface area contributed by atoms with E-state index in [-0.39, 0.29) is 6.42 Å². The van der Waals surface area contributed by atoms with Crippen molar-refractivity contribution >= 4 is 11.7 Å². The zero-order chi connectivity index (χ0) is 13.4. The van der Waals surface area contributed by atoms with E-state index in [4.69, 9.17) is 15.1 Å². The normalized spacial score (nSPS) is 9.56. The van der Waals surface area contributed by atoms with Crippen molar-refractivity contribution < 1.29 is 14.6 Å². The molecule has 0 atom stereocenters. The first-order chi connectivity index (χ1) is 8.67. The van der Waals surface area contributed by atoms with Crippen LogP contribution in [0.4, 0.5) is 5.69 Å². The molecule has 0 aliphatic rings. The second-order valence-electron chi connectivity index (χ2n) is 3.80. The van der Waals surface area contributed by atoms with Crippen LogP contribution in [0.5, 0.6) is 5.75 Å². The number of benzene rings is 1. The van der Waals surface area contributed by atoms with E-state index in [2.05, 4.69) is 11.4 Å². The smallest absolute Gasteiger partial charge is 0.303 e. The number of nitrogens with zero attached hydrogens (tertiary/aromatic N) is 1. The van der Waals surface area contributed by atoms with Crippen LogP contribution < -0.4 is 10.1 Å². The van der Waals surface area contributed by atoms with Crippen LogP contribution in [-0.4, -0.2) is 24.7 Å². The van der Waals surface area contributed by atoms with Crippen LogP contribution in [0, 0.1) is 11.3 Å². The molecule has 0 fully saturated rings. The number of carboxylic acid groups (broad SMARTS) is 1. The van der Waals surface area contributed by atoms with Gasteiger partial charge in [0.2, 0.25) is 0 Å². The van der Waals surface area contributed by atoms with Crippen molar-refractivity contribution in [1.29, 1.82) is 5.26 Å². The van der Waals surface area contributed by atoms with Crippen molar-refractivity contribution in [2.24, 2.45) is 0 Å². The third-order valence-electron chi connectivity index (χ3n) is 2.48. The fourth-order valence-electron chi connectivity index (χ4n) is 1.52. The Morgan fingerprint density at radius 2 is 2.28 bits per heavy atom. The predicted molar refractivity (Wildman–Crippen MR) is 67.7 cm³/mol. The van der Waals surface area contributed by atoms with Gasteiger partial charge in [0, 0.05) is 19.0 Å². The molecular formula is C13H16N2O3. The van der Waals surface area contributed by atoms with Gasteiger partial charge in [-0.3, -0.25) is 4.79 Å². The summed E-state index contributed by atoms with van der Waals surface area (Å²) in [5.74, 6) is -0.101. The Hall–Kier alpha value is -2.22. The van der Waals surface area contributed by atoms with Crippen LogP contribution in [0.3, 0.4) is 0 Å². The Balaban J connectivity index is 2.50. The summed E-state index contributed by atoms with van der Waals surface area (Å²) in [7, 11) is 1.57. The Morgan fingerprint density at radius 1 is 1.50 bits per heavy atom. The lowest BCUT2D eigenvalue weighted by molar-refractivity contribution is -0.137. The Morgan fingerprint density at radius 3 is 2.89 bits per heavy atom. The molecule has 5 nitrogen and oxygen atoms in total. The highest BCUT2D eigenvalue weighted by Gasteiger charge is 2.03. The average Bonchev–Trinajstić information content (AvgIpc) is 2.37. The SMILES string of the molecule is COc1ccc(C#N)c(NCCCCC(=O)O)c1. The maximum absolute atomic E-state index is 10.3. The molecule has 0 unspecified atom stereocenters. The minimum absolute atomic E-state index is 0.172. The lowest BCUT2D eigenvalue weighted by Crippen LogP contribution is -2.04. The number of ether oxygens (including phenoxy) is 1. The fourth-order valence-corrected chi connectivity index (χ4v) is 1.52. The maximum Gasteiger partial charge on any atom is 0.303 e. The van der Waals surface area contributed by atoms with Gasteiger partial charge in [0.1, 0.15) is 11.8 Å². The molecule has 2 N–H and O–H groups in total. The number of nitrogens with one attached hydrogen (secondary N) is 1. The highest BCUT2D eigenvalue weighted by Crippen LogP contribution is 2.21. The zero-order valence-electron chi connectivity index (χ0n) is 10.3. The Kier molecular flexibility index (Phi) is 5.52. The summed E-state index contributed by atoms with van der Waals surface area (Å²) in [6, 6.07) is 7.28. The summed E-state index contributed by atoms with van der Waals surface area (Å²) in [4.78, 5) is 10.3. The van der Waals surface area contributed by atoms with E-state index in [0.717, 1.165) is 6.42 Å². The van der Waals surface area contributed by atoms with Gasteiger partial charge in [-0.2, -0.15) is 5.26 Å². The summed E-state index contributed by atoms with van der Waals surface area (Å²) in [5, 5.41) is 20.6. The van der Waals surface area contributed by atoms with Gasteiger partial charge in [0.25, 0.3) is 0 Å². The molecule has 0 amide bonds. The number of nitriles is 1. The molecule has 1 aromatic rings. The van der Waals surface area contributed by atoms with Crippen molar-refractivity contribution in [1.82, 2.24) is 0 Å². The van der Waals surface area contributed by atoms with Crippen LogP contribution >= 0.6 is 0 Å². The van der Waals surface area contributed by atoms with E-state index in [1.54, 1.807) is 25.3 Å². The van der Waals surface area contributed by atoms with Gasteiger partial charge in [-0.25, -0.2) is 0 Å². The number of unbranched alkanes of at least 4 members (excludes halogenated alkanes) is 1. The molecule has 0 heterocycles. The summed E-state index contributed by atoms with van der Waals surface area (Å²) >= 11 is 0. The molecule has 0 aliphatic carbocycles. The van der Waals surface area contributed by atoms with Crippen LogP contribution in [0.15, 0.2) is 18.2 Å². The number of carbonyl (C=O) groups is 1. The number of carboxylic acids is 1. The molecule has 18 heavy (non-hydrogen) atoms. The van der Waals surface area contributed by atoms with Crippen molar-refractivity contribution in [2.75, 3.05) is 19.0 Å². The molecule has 1 rings (SSSR count). The molecule has 5 heteroatoms. The first-order valence-electron chi connectivity index (χ1n) is 5.71. The topological polar surface area (TPSA) is 82.3 Å². The minimum Gasteiger partial charge on any atom is -0.497 e. The van der Waals surface area contributed by atoms with Crippen molar-refractivity contribution in [3.8, 4) is 11.8 Å². The molecule has 0 saturated heterocycles. The van der Waals surface area contributed by atoms with Gasteiger partial charge in [0.05, 0.1) is 18.4 Å². The first-order valence-corrected chi connectivity index (χ1v) is 5.71. The monoisotopic (exact) mass is 248 g/mol. The molecule has 0 bridgehead atoms. The van der Waals surface area contributed by atoms with E-state index in [1.165, 1.54) is 0 Å². The van der Waals surface area contributed by atoms with Gasteiger partial charge in [-0.05, 0) is 25.0 Å². The van der Waals surface area contributed by atoms with Crippen LogP contribution in [-0.2, 0) is 4.79 Å². The van der Waals surface area contributed by atoms with E-state index in [1.807, 2.05) is 0 Å². The van der Waals surface area contributed by atoms with E-state index >= 15 is 0 Å². The maximum atomic E-state index is 10.3. The van der Waals surface area contributed by atoms with E-state index in [9.17, 15) is 4.79 Å². The number of aliphatic carboxylic acids is 1. The largest absolute Gasteiger partial charge is 0.497 e. The van der Waals surface area contributed by atoms with Crippen LogP contribution in [0.25, 0.3) is 0 Å². The molecule has 96 valence electrons. The second-order valence-corrected chi connectivity index (χ2v) is 3.80. The number of hydrogen-bond acceptors (Lipinski definition) is 4. The number of anilines is 1. The third-order valence-corrected chi connectivity index (χ3v) is 2.48. The molecule has 0 spiro atoms. The standard InChI is InChI=1S/C13H16N2O3/c1-18-11-6-5-10(9-14)12(8-11)15-7-3-2-4-13(16)17/h5-6,8,15H,2-4,7H2,1H3,(H,16,17). The van der Waals surface area contributed by atoms with Gasteiger partial charge >= 0.3 is 5.97 Å². The number of methoxy groups -OCH3 is 1. The first kappa shape index (κ1) is 13.8. The van der Waals surface area contributed by atoms with Crippen molar-refractivity contribution in [3.05, 3.63) is 23.8 Å². The highest BCUT2D eigenvalue weighted by molar-refractivity contribution is 5.66. The average molecular weight is 248 g/mol. The second kappa shape index (κ2) is 7.17. The summed E-state index contributed by atoms with van der Waals surface area (Å²) in [6.07, 6.45) is 1.54. The molecule has 1 aromatic carbocycles. The minimum atomic E-state index is -0.783. The number of rotatable bonds is 7. The summed E-state index contributed by atoms with van der Waals surface area (Å²) in [5.41, 5.74) is 1.27. The van der Waals surface area contributed by atoms with E-state index in [0.29, 0.717) is 30.0 Å². The molecule has 0 radical (unpaired) electrons. The zero-order valence-corrected chi connectivity index (χ0v) is 10.3. The van der Waals surface area contributed by atoms with Crippen molar-refractivity contribution in [3.63, 3.8) is 0 Å². The fraction of sp³-hybridized carbons (Fsp3) is 0.385. The Bertz CT molecular complexity index is 452. The molecule has 0 aromatic heterocycles. The van der Waals surface area contributed by atoms with Gasteiger partial charge in [-0.15, -0.1) is 0 Å². The lowest BCUT2D eigenvalue weighted by atomic mass is 10.1. The lowest BCUT2D eigenvalue weighted by Gasteiger charge is -2.09. The highest BCUT2D eigenvalue weighted by atomic mass is 16.5. The van der Waals surface area contributed by atoms with Crippen molar-refractivity contribution in [2.45, 2.75) is 19.3 Å². The summed E-state index contributed by atoms with van der Waals surface area (Å²) < 4.78 is 5.09. The van der Waals surface area contributed by atoms with Crippen LogP contribution in [0.2, 0.25) is 0 Å². The van der Waals surface area contributed by atoms with Crippen LogP contribution in [0.1, 0.15) is 24.8 Å². The van der Waals surface area contributed by atoms with Gasteiger partial charge < -0.3 is 15.2 Å². The Labute approximate surface area is 106 Å². The summed E-state index contributed by atoms with van der Waals surface area (Å²) in [6.45, 7) is 0.634. The van der Waals surface area contributed by atoms with Gasteiger partial charge in [0.15, 0.2) is 0 Å². The number of hydrogen-bond donors (Lipinski definition) is 2. The van der Waals surface area contributed by atoms with E-state index < -0.39 is 5.97 Å². The predicted octanol–water partition coefficient (Wildman–Crippen LogP) is 2.23. The molecule has 0 aliphatic heterocycles. The molecule has 0 saturated carbocycles. The quantitative estimate of drug-likeness (QED) is 0.723.